The minimum Gasteiger partial charge on any atom is -0.482 e. The summed E-state index contributed by atoms with van der Waals surface area (Å²) in [5.74, 6) is 0.204. The van der Waals surface area contributed by atoms with Gasteiger partial charge in [0, 0.05) is 25.2 Å². The molecule has 1 N–H and O–H groups in total. The van der Waals surface area contributed by atoms with Crippen LogP contribution in [-0.4, -0.2) is 43.1 Å². The molecule has 7 heteroatoms. The smallest absolute Gasteiger partial charge is 0.258 e. The molecule has 4 nitrogen and oxygen atoms in total. The topological polar surface area (TPSA) is 41.6 Å². The van der Waals surface area contributed by atoms with Gasteiger partial charge in [-0.15, -0.1) is 0 Å². The lowest BCUT2D eigenvalue weighted by Gasteiger charge is -2.32. The Morgan fingerprint density at radius 2 is 1.87 bits per heavy atom. The van der Waals surface area contributed by atoms with Crippen molar-refractivity contribution in [2.75, 3.05) is 26.2 Å². The van der Waals surface area contributed by atoms with Crippen molar-refractivity contribution in [2.24, 2.45) is 0 Å². The summed E-state index contributed by atoms with van der Waals surface area (Å²) in [6.45, 7) is 5.27. The average molecular weight is 380 g/mol. The minimum atomic E-state index is -0.152. The van der Waals surface area contributed by atoms with Crippen LogP contribution in [0.4, 0.5) is 0 Å². The molecule has 1 fully saturated rings. The highest BCUT2D eigenvalue weighted by atomic mass is 35.5. The third-order valence-corrected chi connectivity index (χ3v) is 4.84. The van der Waals surface area contributed by atoms with Crippen LogP contribution in [0.15, 0.2) is 12.1 Å². The minimum absolute atomic E-state index is 0.0904. The molecule has 0 radical (unpaired) electrons. The Morgan fingerprint density at radius 3 is 2.52 bits per heavy atom. The van der Waals surface area contributed by atoms with E-state index in [9.17, 15) is 4.79 Å². The third kappa shape index (κ3) is 5.71. The van der Waals surface area contributed by atoms with Crippen molar-refractivity contribution in [3.63, 3.8) is 0 Å². The molecule has 2 rings (SSSR count). The molecule has 0 spiro atoms. The fourth-order valence-electron chi connectivity index (χ4n) is 2.64. The largest absolute Gasteiger partial charge is 0.482 e. The van der Waals surface area contributed by atoms with Crippen molar-refractivity contribution in [1.82, 2.24) is 10.2 Å². The molecule has 1 aromatic carbocycles. The molecule has 1 amide bonds. The SMILES string of the molecule is CCCN1CCC(NC(=O)COc2cc(Cl)c(Cl)cc2Cl)CC1. The number of likely N-dealkylation sites (tertiary alicyclic amines) is 1. The van der Waals surface area contributed by atoms with Gasteiger partial charge in [-0.05, 0) is 31.9 Å². The molecule has 1 aliphatic heterocycles. The fraction of sp³-hybridized carbons (Fsp3) is 0.562. The fourth-order valence-corrected chi connectivity index (χ4v) is 3.24. The maximum atomic E-state index is 12.0. The first-order valence-electron chi connectivity index (χ1n) is 7.78. The molecule has 128 valence electrons. The lowest BCUT2D eigenvalue weighted by molar-refractivity contribution is -0.124. The van der Waals surface area contributed by atoms with Crippen LogP contribution in [0.5, 0.6) is 5.75 Å². The van der Waals surface area contributed by atoms with Gasteiger partial charge in [0.25, 0.3) is 5.91 Å². The van der Waals surface area contributed by atoms with Crippen molar-refractivity contribution in [1.29, 1.82) is 0 Å². The number of ether oxygens (including phenoxy) is 1. The van der Waals surface area contributed by atoms with E-state index in [2.05, 4.69) is 17.1 Å². The van der Waals surface area contributed by atoms with Gasteiger partial charge in [0.05, 0.1) is 15.1 Å². The first kappa shape index (κ1) is 18.7. The number of carbonyl (C=O) groups is 1. The van der Waals surface area contributed by atoms with Crippen molar-refractivity contribution in [3.05, 3.63) is 27.2 Å². The predicted octanol–water partition coefficient (Wildman–Crippen LogP) is 4.02. The highest BCUT2D eigenvalue weighted by Crippen LogP contribution is 2.33. The van der Waals surface area contributed by atoms with Gasteiger partial charge >= 0.3 is 0 Å². The summed E-state index contributed by atoms with van der Waals surface area (Å²) < 4.78 is 5.44. The van der Waals surface area contributed by atoms with Gasteiger partial charge in [0.1, 0.15) is 5.75 Å². The second-order valence-electron chi connectivity index (χ2n) is 5.67. The highest BCUT2D eigenvalue weighted by Gasteiger charge is 2.20. The lowest BCUT2D eigenvalue weighted by Crippen LogP contribution is -2.46. The number of carbonyl (C=O) groups excluding carboxylic acids is 1. The molecule has 23 heavy (non-hydrogen) atoms. The average Bonchev–Trinajstić information content (AvgIpc) is 2.52. The highest BCUT2D eigenvalue weighted by molar-refractivity contribution is 6.43. The van der Waals surface area contributed by atoms with Crippen molar-refractivity contribution >= 4 is 40.7 Å². The van der Waals surface area contributed by atoms with Crippen molar-refractivity contribution in [2.45, 2.75) is 32.2 Å². The van der Waals surface area contributed by atoms with Gasteiger partial charge in [-0.1, -0.05) is 41.7 Å². The normalized spacial score (nSPS) is 16.3. The van der Waals surface area contributed by atoms with E-state index in [1.807, 2.05) is 0 Å². The monoisotopic (exact) mass is 378 g/mol. The second kappa shape index (κ2) is 8.97. The summed E-state index contributed by atoms with van der Waals surface area (Å²) in [4.78, 5) is 14.4. The van der Waals surface area contributed by atoms with E-state index in [4.69, 9.17) is 39.5 Å². The van der Waals surface area contributed by atoms with Gasteiger partial charge in [-0.25, -0.2) is 0 Å². The second-order valence-corrected chi connectivity index (χ2v) is 6.89. The van der Waals surface area contributed by atoms with Gasteiger partial charge < -0.3 is 15.0 Å². The van der Waals surface area contributed by atoms with Crippen molar-refractivity contribution in [3.8, 4) is 5.75 Å². The molecule has 0 aliphatic carbocycles. The Labute approximate surface area is 152 Å². The van der Waals surface area contributed by atoms with E-state index in [0.29, 0.717) is 20.8 Å². The van der Waals surface area contributed by atoms with Crippen LogP contribution in [0.3, 0.4) is 0 Å². The van der Waals surface area contributed by atoms with E-state index >= 15 is 0 Å². The summed E-state index contributed by atoms with van der Waals surface area (Å²) in [5, 5.41) is 4.03. The molecule has 1 aromatic rings. The molecule has 1 heterocycles. The van der Waals surface area contributed by atoms with Crippen molar-refractivity contribution < 1.29 is 9.53 Å². The summed E-state index contributed by atoms with van der Waals surface area (Å²) in [6.07, 6.45) is 3.10. The first-order chi connectivity index (χ1) is 11.0. The molecule has 0 aromatic heterocycles. The van der Waals surface area contributed by atoms with Gasteiger partial charge in [-0.2, -0.15) is 0 Å². The number of hydrogen-bond acceptors (Lipinski definition) is 3. The van der Waals surface area contributed by atoms with Crippen LogP contribution < -0.4 is 10.1 Å². The van der Waals surface area contributed by atoms with Crippen LogP contribution in [0.1, 0.15) is 26.2 Å². The molecule has 1 saturated heterocycles. The van der Waals surface area contributed by atoms with Gasteiger partial charge in [-0.3, -0.25) is 4.79 Å². The van der Waals surface area contributed by atoms with E-state index in [-0.39, 0.29) is 18.6 Å². The van der Waals surface area contributed by atoms with E-state index in [1.54, 1.807) is 0 Å². The van der Waals surface area contributed by atoms with Gasteiger partial charge in [0.2, 0.25) is 0 Å². The summed E-state index contributed by atoms with van der Waals surface area (Å²) in [5.41, 5.74) is 0. The van der Waals surface area contributed by atoms with E-state index in [1.165, 1.54) is 12.1 Å². The maximum absolute atomic E-state index is 12.0. The standard InChI is InChI=1S/C16H21Cl3N2O2/c1-2-5-21-6-3-11(4-7-21)20-16(22)10-23-15-9-13(18)12(17)8-14(15)19/h8-9,11H,2-7,10H2,1H3,(H,20,22). The number of hydrogen-bond donors (Lipinski definition) is 1. The van der Waals surface area contributed by atoms with Crippen LogP contribution in [0.25, 0.3) is 0 Å². The zero-order valence-electron chi connectivity index (χ0n) is 13.1. The molecule has 0 bridgehead atoms. The number of piperidine rings is 1. The molecular weight excluding hydrogens is 359 g/mol. The Kier molecular flexibility index (Phi) is 7.28. The number of rotatable bonds is 6. The summed E-state index contributed by atoms with van der Waals surface area (Å²) in [7, 11) is 0. The Bertz CT molecular complexity index is 546. The zero-order chi connectivity index (χ0) is 16.8. The summed E-state index contributed by atoms with van der Waals surface area (Å²) >= 11 is 17.8. The lowest BCUT2D eigenvalue weighted by atomic mass is 10.0. The Hall–Kier alpha value is -0.680. The van der Waals surface area contributed by atoms with E-state index < -0.39 is 0 Å². The number of amides is 1. The quantitative estimate of drug-likeness (QED) is 0.759. The van der Waals surface area contributed by atoms with E-state index in [0.717, 1.165) is 38.9 Å². The first-order valence-corrected chi connectivity index (χ1v) is 8.92. The molecular formula is C16H21Cl3N2O2. The number of nitrogens with zero attached hydrogens (tertiary/aromatic N) is 1. The number of nitrogens with one attached hydrogen (secondary N) is 1. The van der Waals surface area contributed by atoms with Crippen LogP contribution in [-0.2, 0) is 4.79 Å². The molecule has 1 aliphatic rings. The van der Waals surface area contributed by atoms with Crippen LogP contribution in [0.2, 0.25) is 15.1 Å². The predicted molar refractivity (Wildman–Crippen MR) is 94.9 cm³/mol. The molecule has 0 atom stereocenters. The number of benzene rings is 1. The maximum Gasteiger partial charge on any atom is 0.258 e. The third-order valence-electron chi connectivity index (χ3n) is 3.83. The van der Waals surface area contributed by atoms with Crippen LogP contribution >= 0.6 is 34.8 Å². The number of halogens is 3. The van der Waals surface area contributed by atoms with Gasteiger partial charge in [0.15, 0.2) is 6.61 Å². The zero-order valence-corrected chi connectivity index (χ0v) is 15.3. The Balaban J connectivity index is 1.77. The summed E-state index contributed by atoms with van der Waals surface area (Å²) in [6, 6.07) is 3.23. The Morgan fingerprint density at radius 1 is 1.22 bits per heavy atom. The molecule has 0 saturated carbocycles. The van der Waals surface area contributed by atoms with Crippen LogP contribution in [0, 0.1) is 0 Å². The molecule has 0 unspecified atom stereocenters.